The van der Waals surface area contributed by atoms with Crippen LogP contribution < -0.4 is 5.32 Å². The van der Waals surface area contributed by atoms with Gasteiger partial charge in [-0.15, -0.1) is 11.8 Å². The van der Waals surface area contributed by atoms with Crippen LogP contribution in [-0.4, -0.2) is 37.6 Å². The van der Waals surface area contributed by atoms with Crippen LogP contribution in [0.5, 0.6) is 0 Å². The smallest absolute Gasteiger partial charge is 0.238 e. The molecular formula is C18H20N4O2S. The molecule has 0 saturated heterocycles. The molecule has 25 heavy (non-hydrogen) atoms. The first kappa shape index (κ1) is 16.2. The third-order valence-corrected chi connectivity index (χ3v) is 5.88. The van der Waals surface area contributed by atoms with Crippen molar-refractivity contribution in [3.63, 3.8) is 0 Å². The largest absolute Gasteiger partial charge is 0.337 e. The number of aromatic nitrogens is 2. The number of fused-ring (bicyclic) bond motifs is 1. The van der Waals surface area contributed by atoms with Crippen molar-refractivity contribution in [2.24, 2.45) is 7.05 Å². The molecule has 0 bridgehead atoms. The van der Waals surface area contributed by atoms with E-state index in [1.54, 1.807) is 6.20 Å². The second kappa shape index (κ2) is 6.55. The standard InChI is InChI=1S/C18H20N4O2S/c1-21-9-8-19-16(21)11-22(12-6-7-12)17(23)10-15-18(24)20-13-4-2-3-5-14(13)25-15/h2-5,8-9,12,15H,6-7,10-11H2,1H3,(H,20,24). The Morgan fingerprint density at radius 1 is 1.40 bits per heavy atom. The summed E-state index contributed by atoms with van der Waals surface area (Å²) in [5.74, 6) is 0.800. The lowest BCUT2D eigenvalue weighted by atomic mass is 10.2. The number of nitrogens with one attached hydrogen (secondary N) is 1. The second-order valence-corrected chi connectivity index (χ2v) is 7.75. The van der Waals surface area contributed by atoms with Crippen molar-refractivity contribution in [1.29, 1.82) is 0 Å². The summed E-state index contributed by atoms with van der Waals surface area (Å²) in [6.07, 6.45) is 5.90. The number of amides is 2. The van der Waals surface area contributed by atoms with Crippen molar-refractivity contribution in [3.05, 3.63) is 42.5 Å². The average molecular weight is 356 g/mol. The Morgan fingerprint density at radius 3 is 2.92 bits per heavy atom. The number of rotatable bonds is 5. The summed E-state index contributed by atoms with van der Waals surface area (Å²) in [7, 11) is 1.93. The van der Waals surface area contributed by atoms with Crippen molar-refractivity contribution in [2.45, 2.75) is 42.0 Å². The fourth-order valence-electron chi connectivity index (χ4n) is 3.01. The van der Waals surface area contributed by atoms with Crippen LogP contribution in [0.2, 0.25) is 0 Å². The molecule has 2 aliphatic rings. The number of hydrogen-bond donors (Lipinski definition) is 1. The molecule has 4 rings (SSSR count). The maximum absolute atomic E-state index is 12.9. The highest BCUT2D eigenvalue weighted by molar-refractivity contribution is 8.01. The van der Waals surface area contributed by atoms with E-state index < -0.39 is 0 Å². The van der Waals surface area contributed by atoms with Gasteiger partial charge in [0.1, 0.15) is 5.82 Å². The number of anilines is 1. The highest BCUT2D eigenvalue weighted by Gasteiger charge is 2.36. The summed E-state index contributed by atoms with van der Waals surface area (Å²) in [6.45, 7) is 0.503. The Bertz CT molecular complexity index is 815. The molecule has 0 radical (unpaired) electrons. The van der Waals surface area contributed by atoms with E-state index in [1.165, 1.54) is 11.8 Å². The molecule has 1 N–H and O–H groups in total. The van der Waals surface area contributed by atoms with Gasteiger partial charge in [-0.3, -0.25) is 9.59 Å². The molecule has 1 fully saturated rings. The number of aryl methyl sites for hydroxylation is 1. The van der Waals surface area contributed by atoms with Crippen LogP contribution in [0.4, 0.5) is 5.69 Å². The molecule has 130 valence electrons. The number of imidazole rings is 1. The molecule has 1 saturated carbocycles. The zero-order chi connectivity index (χ0) is 17.4. The van der Waals surface area contributed by atoms with Gasteiger partial charge in [-0.2, -0.15) is 0 Å². The molecule has 1 aliphatic heterocycles. The summed E-state index contributed by atoms with van der Waals surface area (Å²) in [4.78, 5) is 32.5. The fraction of sp³-hybridized carbons (Fsp3) is 0.389. The van der Waals surface area contributed by atoms with Crippen molar-refractivity contribution >= 4 is 29.3 Å². The minimum Gasteiger partial charge on any atom is -0.337 e. The van der Waals surface area contributed by atoms with E-state index in [4.69, 9.17) is 0 Å². The number of nitrogens with zero attached hydrogens (tertiary/aromatic N) is 3. The molecule has 2 aromatic rings. The Hall–Kier alpha value is -2.28. The minimum absolute atomic E-state index is 0.0255. The van der Waals surface area contributed by atoms with Crippen molar-refractivity contribution in [1.82, 2.24) is 14.5 Å². The summed E-state index contributed by atoms with van der Waals surface area (Å²) in [5, 5.41) is 2.52. The average Bonchev–Trinajstić information content (AvgIpc) is 3.36. The molecule has 1 aliphatic carbocycles. The lowest BCUT2D eigenvalue weighted by molar-refractivity contribution is -0.133. The van der Waals surface area contributed by atoms with Crippen molar-refractivity contribution in [2.75, 3.05) is 5.32 Å². The minimum atomic E-state index is -0.384. The Balaban J connectivity index is 1.46. The molecule has 6 nitrogen and oxygen atoms in total. The van der Waals surface area contributed by atoms with Gasteiger partial charge >= 0.3 is 0 Å². The maximum atomic E-state index is 12.9. The quantitative estimate of drug-likeness (QED) is 0.893. The lowest BCUT2D eigenvalue weighted by Crippen LogP contribution is -2.38. The SMILES string of the molecule is Cn1ccnc1CN(C(=O)CC1Sc2ccccc2NC1=O)C1CC1. The van der Waals surface area contributed by atoms with Crippen molar-refractivity contribution in [3.8, 4) is 0 Å². The van der Waals surface area contributed by atoms with Gasteiger partial charge in [0.15, 0.2) is 0 Å². The van der Waals surface area contributed by atoms with Crippen LogP contribution in [0.15, 0.2) is 41.6 Å². The number of hydrogen-bond acceptors (Lipinski definition) is 4. The van der Waals surface area contributed by atoms with Gasteiger partial charge in [-0.05, 0) is 25.0 Å². The second-order valence-electron chi connectivity index (χ2n) is 6.50. The van der Waals surface area contributed by atoms with E-state index in [-0.39, 0.29) is 29.5 Å². The number of benzene rings is 1. The predicted molar refractivity (Wildman–Crippen MR) is 96.1 cm³/mol. The van der Waals surface area contributed by atoms with E-state index in [2.05, 4.69) is 10.3 Å². The molecule has 7 heteroatoms. The van der Waals surface area contributed by atoms with Gasteiger partial charge in [-0.25, -0.2) is 4.98 Å². The number of carbonyl (C=O) groups is 2. The van der Waals surface area contributed by atoms with Gasteiger partial charge in [0.05, 0.1) is 17.5 Å². The van der Waals surface area contributed by atoms with Gasteiger partial charge in [0.25, 0.3) is 0 Å². The third-order valence-electron chi connectivity index (χ3n) is 4.61. The molecule has 1 atom stereocenters. The van der Waals surface area contributed by atoms with Crippen LogP contribution in [0, 0.1) is 0 Å². The number of para-hydroxylation sites is 1. The predicted octanol–water partition coefficient (Wildman–Crippen LogP) is 2.41. The van der Waals surface area contributed by atoms with Crippen molar-refractivity contribution < 1.29 is 9.59 Å². The van der Waals surface area contributed by atoms with Crippen LogP contribution in [-0.2, 0) is 23.2 Å². The molecule has 1 aromatic heterocycles. The summed E-state index contributed by atoms with van der Waals surface area (Å²) in [6, 6.07) is 7.99. The molecule has 0 spiro atoms. The molecule has 2 amide bonds. The monoisotopic (exact) mass is 356 g/mol. The number of carbonyl (C=O) groups excluding carboxylic acids is 2. The van der Waals surface area contributed by atoms with E-state index in [1.807, 2.05) is 47.0 Å². The van der Waals surface area contributed by atoms with Crippen LogP contribution in [0.1, 0.15) is 25.1 Å². The van der Waals surface area contributed by atoms with Gasteiger partial charge in [0, 0.05) is 36.8 Å². The zero-order valence-electron chi connectivity index (χ0n) is 14.0. The Morgan fingerprint density at radius 2 is 2.20 bits per heavy atom. The molecule has 2 heterocycles. The topological polar surface area (TPSA) is 67.2 Å². The first-order valence-corrected chi connectivity index (χ1v) is 9.32. The van der Waals surface area contributed by atoms with Gasteiger partial charge in [-0.1, -0.05) is 12.1 Å². The Labute approximate surface area is 150 Å². The van der Waals surface area contributed by atoms with Gasteiger partial charge in [0.2, 0.25) is 11.8 Å². The first-order chi connectivity index (χ1) is 12.1. The highest BCUT2D eigenvalue weighted by atomic mass is 32.2. The van der Waals surface area contributed by atoms with E-state index in [9.17, 15) is 9.59 Å². The Kier molecular flexibility index (Phi) is 4.25. The number of thioether (sulfide) groups is 1. The fourth-order valence-corrected chi connectivity index (χ4v) is 4.11. The maximum Gasteiger partial charge on any atom is 0.238 e. The first-order valence-electron chi connectivity index (χ1n) is 8.44. The highest BCUT2D eigenvalue weighted by Crippen LogP contribution is 2.37. The van der Waals surface area contributed by atoms with Crippen LogP contribution in [0.25, 0.3) is 0 Å². The van der Waals surface area contributed by atoms with Crippen LogP contribution in [0.3, 0.4) is 0 Å². The lowest BCUT2D eigenvalue weighted by Gasteiger charge is -2.27. The molecule has 1 unspecified atom stereocenters. The summed E-state index contributed by atoms with van der Waals surface area (Å²) in [5.41, 5.74) is 0.827. The normalized spacial score (nSPS) is 19.2. The van der Waals surface area contributed by atoms with E-state index in [0.29, 0.717) is 6.54 Å². The van der Waals surface area contributed by atoms with E-state index >= 15 is 0 Å². The summed E-state index contributed by atoms with van der Waals surface area (Å²) < 4.78 is 1.93. The van der Waals surface area contributed by atoms with Crippen LogP contribution >= 0.6 is 11.8 Å². The third kappa shape index (κ3) is 3.42. The van der Waals surface area contributed by atoms with Gasteiger partial charge < -0.3 is 14.8 Å². The molecule has 1 aromatic carbocycles. The zero-order valence-corrected chi connectivity index (χ0v) is 14.8. The molecular weight excluding hydrogens is 336 g/mol. The van der Waals surface area contributed by atoms with E-state index in [0.717, 1.165) is 29.2 Å². The summed E-state index contributed by atoms with van der Waals surface area (Å²) >= 11 is 1.47.